The zero-order valence-electron chi connectivity index (χ0n) is 13.2. The first-order chi connectivity index (χ1) is 11.1. The molecule has 0 fully saturated rings. The number of nitrogens with one attached hydrogen (secondary N) is 2. The molecule has 2 N–H and O–H groups in total. The number of ether oxygens (including phenoxy) is 1. The lowest BCUT2D eigenvalue weighted by molar-refractivity contribution is 0.312. The highest BCUT2D eigenvalue weighted by Crippen LogP contribution is 2.33. The normalized spacial score (nSPS) is 10.8. The standard InChI is InChI=1S/C15H20Br2N4OS/c1-3-5-13-19-20-15(23)21(13)18-9-10-7-11(16)8-12(17)14(10)22-6-4-2/h7-8,18H,3-6,9H2,1-2H3,(H,20,23). The Bertz CT molecular complexity index is 714. The van der Waals surface area contributed by atoms with Gasteiger partial charge in [0.1, 0.15) is 5.75 Å². The molecule has 0 unspecified atom stereocenters. The maximum absolute atomic E-state index is 5.88. The average Bonchev–Trinajstić information content (AvgIpc) is 2.85. The SMILES string of the molecule is CCCOc1c(Br)cc(Br)cc1CNn1c(CCC)n[nH]c1=S. The Hall–Kier alpha value is -0.860. The van der Waals surface area contributed by atoms with Crippen LogP contribution in [0, 0.1) is 4.77 Å². The van der Waals surface area contributed by atoms with E-state index in [0.29, 0.717) is 17.9 Å². The van der Waals surface area contributed by atoms with Crippen LogP contribution in [0.3, 0.4) is 0 Å². The Morgan fingerprint density at radius 3 is 2.78 bits per heavy atom. The summed E-state index contributed by atoms with van der Waals surface area (Å²) in [6.45, 7) is 5.47. The molecule has 0 aliphatic rings. The van der Waals surface area contributed by atoms with Gasteiger partial charge in [-0.15, -0.1) is 0 Å². The van der Waals surface area contributed by atoms with Crippen molar-refractivity contribution in [1.29, 1.82) is 0 Å². The summed E-state index contributed by atoms with van der Waals surface area (Å²) in [5.74, 6) is 1.76. The Labute approximate surface area is 158 Å². The Morgan fingerprint density at radius 2 is 2.09 bits per heavy atom. The highest BCUT2D eigenvalue weighted by atomic mass is 79.9. The summed E-state index contributed by atoms with van der Waals surface area (Å²) in [4.78, 5) is 0. The van der Waals surface area contributed by atoms with Crippen LogP contribution in [0.15, 0.2) is 21.1 Å². The molecule has 1 heterocycles. The minimum absolute atomic E-state index is 0.568. The summed E-state index contributed by atoms with van der Waals surface area (Å²) < 4.78 is 10.2. The van der Waals surface area contributed by atoms with Gasteiger partial charge in [-0.25, -0.2) is 4.68 Å². The summed E-state index contributed by atoms with van der Waals surface area (Å²) in [7, 11) is 0. The van der Waals surface area contributed by atoms with Crippen LogP contribution in [0.25, 0.3) is 0 Å². The molecule has 0 radical (unpaired) electrons. The average molecular weight is 464 g/mol. The number of nitrogens with zero attached hydrogens (tertiary/aromatic N) is 2. The fourth-order valence-corrected chi connectivity index (χ4v) is 3.80. The van der Waals surface area contributed by atoms with E-state index >= 15 is 0 Å². The van der Waals surface area contributed by atoms with E-state index in [0.717, 1.165) is 45.3 Å². The molecule has 8 heteroatoms. The van der Waals surface area contributed by atoms with Crippen LogP contribution in [-0.4, -0.2) is 21.5 Å². The molecule has 2 rings (SSSR count). The number of aromatic amines is 1. The first-order valence-corrected chi connectivity index (χ1v) is 9.57. The van der Waals surface area contributed by atoms with Crippen LogP contribution in [-0.2, 0) is 13.0 Å². The van der Waals surface area contributed by atoms with E-state index in [1.54, 1.807) is 0 Å². The topological polar surface area (TPSA) is 54.9 Å². The van der Waals surface area contributed by atoms with E-state index in [1.165, 1.54) is 0 Å². The molecule has 2 aromatic rings. The van der Waals surface area contributed by atoms with E-state index in [1.807, 2.05) is 16.8 Å². The predicted molar refractivity (Wildman–Crippen MR) is 102 cm³/mol. The first kappa shape index (κ1) is 18.5. The van der Waals surface area contributed by atoms with Crippen LogP contribution in [0.1, 0.15) is 38.1 Å². The molecule has 0 aliphatic heterocycles. The summed E-state index contributed by atoms with van der Waals surface area (Å²) >= 11 is 12.4. The van der Waals surface area contributed by atoms with Crippen molar-refractivity contribution in [2.24, 2.45) is 0 Å². The molecule has 0 atom stereocenters. The lowest BCUT2D eigenvalue weighted by atomic mass is 10.2. The number of halogens is 2. The molecule has 1 aromatic heterocycles. The molecule has 0 saturated carbocycles. The molecule has 5 nitrogen and oxygen atoms in total. The van der Waals surface area contributed by atoms with Gasteiger partial charge in [-0.3, -0.25) is 5.10 Å². The van der Waals surface area contributed by atoms with Crippen molar-refractivity contribution >= 4 is 44.1 Å². The fourth-order valence-electron chi connectivity index (χ4n) is 2.16. The highest BCUT2D eigenvalue weighted by molar-refractivity contribution is 9.11. The molecule has 0 aliphatic carbocycles. The zero-order valence-corrected chi connectivity index (χ0v) is 17.1. The summed E-state index contributed by atoms with van der Waals surface area (Å²) in [6, 6.07) is 4.03. The van der Waals surface area contributed by atoms with Gasteiger partial charge in [-0.05, 0) is 53.1 Å². The van der Waals surface area contributed by atoms with Crippen LogP contribution < -0.4 is 10.2 Å². The zero-order chi connectivity index (χ0) is 16.8. The molecule has 0 amide bonds. The lowest BCUT2D eigenvalue weighted by Crippen LogP contribution is -2.18. The number of hydrogen-bond acceptors (Lipinski definition) is 4. The second kappa shape index (κ2) is 8.84. The van der Waals surface area contributed by atoms with Crippen LogP contribution >= 0.6 is 44.1 Å². The van der Waals surface area contributed by atoms with E-state index in [4.69, 9.17) is 17.0 Å². The molecule has 126 valence electrons. The Morgan fingerprint density at radius 1 is 1.30 bits per heavy atom. The minimum atomic E-state index is 0.568. The number of H-pyrrole nitrogens is 1. The van der Waals surface area contributed by atoms with Crippen LogP contribution in [0.4, 0.5) is 0 Å². The largest absolute Gasteiger partial charge is 0.492 e. The molecule has 0 saturated heterocycles. The number of hydrogen-bond donors (Lipinski definition) is 2. The van der Waals surface area contributed by atoms with Crippen molar-refractivity contribution in [1.82, 2.24) is 14.9 Å². The van der Waals surface area contributed by atoms with Gasteiger partial charge in [0.25, 0.3) is 0 Å². The van der Waals surface area contributed by atoms with Gasteiger partial charge in [0.05, 0.1) is 17.6 Å². The van der Waals surface area contributed by atoms with Crippen molar-refractivity contribution < 1.29 is 4.74 Å². The van der Waals surface area contributed by atoms with Crippen LogP contribution in [0.5, 0.6) is 5.75 Å². The van der Waals surface area contributed by atoms with Gasteiger partial charge >= 0.3 is 0 Å². The van der Waals surface area contributed by atoms with E-state index in [-0.39, 0.29) is 0 Å². The molecular weight excluding hydrogens is 444 g/mol. The van der Waals surface area contributed by atoms with E-state index < -0.39 is 0 Å². The fraction of sp³-hybridized carbons (Fsp3) is 0.467. The van der Waals surface area contributed by atoms with Crippen molar-refractivity contribution in [3.8, 4) is 5.75 Å². The van der Waals surface area contributed by atoms with Gasteiger partial charge in [-0.2, -0.15) is 5.10 Å². The summed E-state index contributed by atoms with van der Waals surface area (Å²) in [5.41, 5.74) is 4.38. The molecule has 1 aromatic carbocycles. The van der Waals surface area contributed by atoms with Gasteiger partial charge in [0, 0.05) is 16.5 Å². The van der Waals surface area contributed by atoms with Gasteiger partial charge in [-0.1, -0.05) is 29.8 Å². The quantitative estimate of drug-likeness (QED) is 0.543. The predicted octanol–water partition coefficient (Wildman–Crippen LogP) is 4.95. The summed E-state index contributed by atoms with van der Waals surface area (Å²) in [5, 5.41) is 7.09. The highest BCUT2D eigenvalue weighted by Gasteiger charge is 2.12. The Kier molecular flexibility index (Phi) is 7.10. The lowest BCUT2D eigenvalue weighted by Gasteiger charge is -2.16. The van der Waals surface area contributed by atoms with E-state index in [2.05, 4.69) is 61.3 Å². The number of aromatic nitrogens is 3. The minimum Gasteiger partial charge on any atom is -0.492 e. The molecule has 0 spiro atoms. The van der Waals surface area contributed by atoms with E-state index in [9.17, 15) is 0 Å². The number of rotatable bonds is 8. The third kappa shape index (κ3) is 4.81. The second-order valence-corrected chi connectivity index (χ2v) is 7.25. The Balaban J connectivity index is 2.23. The third-order valence-electron chi connectivity index (χ3n) is 3.18. The van der Waals surface area contributed by atoms with Crippen molar-refractivity contribution in [3.05, 3.63) is 37.2 Å². The van der Waals surface area contributed by atoms with Gasteiger partial charge in [0.15, 0.2) is 5.82 Å². The molecule has 0 bridgehead atoms. The number of benzene rings is 1. The van der Waals surface area contributed by atoms with Crippen molar-refractivity contribution in [2.75, 3.05) is 12.0 Å². The second-order valence-electron chi connectivity index (χ2n) is 5.09. The van der Waals surface area contributed by atoms with Crippen LogP contribution in [0.2, 0.25) is 0 Å². The van der Waals surface area contributed by atoms with Crippen molar-refractivity contribution in [2.45, 2.75) is 39.7 Å². The van der Waals surface area contributed by atoms with Gasteiger partial charge < -0.3 is 10.2 Å². The monoisotopic (exact) mass is 462 g/mol. The molecular formula is C15H20Br2N4OS. The number of aryl methyl sites for hydroxylation is 1. The third-order valence-corrected chi connectivity index (χ3v) is 4.50. The summed E-state index contributed by atoms with van der Waals surface area (Å²) in [6.07, 6.45) is 2.83. The maximum Gasteiger partial charge on any atom is 0.214 e. The molecule has 23 heavy (non-hydrogen) atoms. The van der Waals surface area contributed by atoms with Crippen molar-refractivity contribution in [3.63, 3.8) is 0 Å². The van der Waals surface area contributed by atoms with Gasteiger partial charge in [0.2, 0.25) is 4.77 Å². The first-order valence-electron chi connectivity index (χ1n) is 7.57. The maximum atomic E-state index is 5.88. The smallest absolute Gasteiger partial charge is 0.214 e.